The Labute approximate surface area is 123 Å². The maximum absolute atomic E-state index is 2.33. The molecule has 0 aromatic carbocycles. The van der Waals surface area contributed by atoms with Crippen LogP contribution in [0, 0.1) is 0 Å². The van der Waals surface area contributed by atoms with Crippen LogP contribution in [0.4, 0.5) is 0 Å². The summed E-state index contributed by atoms with van der Waals surface area (Å²) < 4.78 is 0. The summed E-state index contributed by atoms with van der Waals surface area (Å²) in [4.78, 5) is 0. The Morgan fingerprint density at radius 3 is 1.68 bits per heavy atom. The Hall–Kier alpha value is 0.430. The van der Waals surface area contributed by atoms with Gasteiger partial charge >= 0.3 is 0 Å². The third-order valence-electron chi connectivity index (χ3n) is 4.69. The summed E-state index contributed by atoms with van der Waals surface area (Å²) in [5, 5.41) is 0. The van der Waals surface area contributed by atoms with E-state index in [1.54, 1.807) is 25.2 Å². The van der Waals surface area contributed by atoms with E-state index < -0.39 is 0 Å². The lowest BCUT2D eigenvalue weighted by Gasteiger charge is -2.31. The molecule has 1 aliphatic rings. The average Bonchev–Trinajstić information content (AvgIpc) is 2.46. The van der Waals surface area contributed by atoms with Crippen LogP contribution in [0.1, 0.15) is 97.3 Å². The molecule has 0 bridgehead atoms. The molecule has 0 nitrogen and oxygen atoms in total. The normalized spacial score (nSPS) is 17.2. The van der Waals surface area contributed by atoms with Crippen LogP contribution >= 0.6 is 7.92 Å². The summed E-state index contributed by atoms with van der Waals surface area (Å²) in [5.74, 6) is 0. The Morgan fingerprint density at radius 1 is 0.684 bits per heavy atom. The van der Waals surface area contributed by atoms with Crippen molar-refractivity contribution in [2.24, 2.45) is 0 Å². The van der Waals surface area contributed by atoms with E-state index in [1.807, 2.05) is 0 Å². The van der Waals surface area contributed by atoms with Gasteiger partial charge in [-0.2, -0.15) is 0 Å². The van der Waals surface area contributed by atoms with Crippen molar-refractivity contribution >= 4 is 7.92 Å². The van der Waals surface area contributed by atoms with E-state index in [0.29, 0.717) is 7.92 Å². The molecule has 0 radical (unpaired) electrons. The van der Waals surface area contributed by atoms with Gasteiger partial charge in [-0.1, -0.05) is 71.6 Å². The molecule has 0 aliphatic heterocycles. The molecule has 0 atom stereocenters. The standard InChI is InChI=1S/C18H37P/c1-3-5-7-12-16-19(17-13-8-6-4-2)18-14-10-9-11-15-18/h18H,3-17H2,1-2H3. The van der Waals surface area contributed by atoms with Gasteiger partial charge in [-0.05, 0) is 43.7 Å². The highest BCUT2D eigenvalue weighted by Gasteiger charge is 2.22. The molecule has 0 aromatic heterocycles. The second-order valence-corrected chi connectivity index (χ2v) is 9.25. The molecule has 1 rings (SSSR count). The summed E-state index contributed by atoms with van der Waals surface area (Å²) in [5.41, 5.74) is 1.16. The number of hydrogen-bond donors (Lipinski definition) is 0. The number of rotatable bonds is 11. The first kappa shape index (κ1) is 17.5. The van der Waals surface area contributed by atoms with Crippen molar-refractivity contribution in [3.8, 4) is 0 Å². The van der Waals surface area contributed by atoms with Gasteiger partial charge in [0.05, 0.1) is 0 Å². The highest BCUT2D eigenvalue weighted by Crippen LogP contribution is 2.49. The van der Waals surface area contributed by atoms with Crippen molar-refractivity contribution in [1.82, 2.24) is 0 Å². The van der Waals surface area contributed by atoms with E-state index in [9.17, 15) is 0 Å². The van der Waals surface area contributed by atoms with Crippen molar-refractivity contribution < 1.29 is 0 Å². The van der Waals surface area contributed by atoms with E-state index in [1.165, 1.54) is 70.6 Å². The van der Waals surface area contributed by atoms with E-state index in [4.69, 9.17) is 0 Å². The van der Waals surface area contributed by atoms with Gasteiger partial charge in [0, 0.05) is 0 Å². The summed E-state index contributed by atoms with van der Waals surface area (Å²) in [6, 6.07) is 0. The monoisotopic (exact) mass is 284 g/mol. The predicted molar refractivity (Wildman–Crippen MR) is 91.8 cm³/mol. The fourth-order valence-corrected chi connectivity index (χ4v) is 6.72. The maximum atomic E-state index is 2.33. The first-order valence-corrected chi connectivity index (χ1v) is 10.9. The van der Waals surface area contributed by atoms with Crippen LogP contribution in [-0.2, 0) is 0 Å². The van der Waals surface area contributed by atoms with E-state index in [2.05, 4.69) is 13.8 Å². The molecule has 0 saturated heterocycles. The summed E-state index contributed by atoms with van der Waals surface area (Å²) >= 11 is 0. The Kier molecular flexibility index (Phi) is 11.2. The molecule has 1 aliphatic carbocycles. The smallest absolute Gasteiger partial charge is 0.0209 e. The first-order valence-electron chi connectivity index (χ1n) is 9.12. The molecule has 0 N–H and O–H groups in total. The van der Waals surface area contributed by atoms with Gasteiger partial charge in [-0.25, -0.2) is 0 Å². The zero-order valence-electron chi connectivity index (χ0n) is 13.6. The van der Waals surface area contributed by atoms with Crippen LogP contribution in [0.15, 0.2) is 0 Å². The molecule has 114 valence electrons. The SMILES string of the molecule is CCCCCCP(CCCCCC)C1CCCCC1. The second kappa shape index (κ2) is 12.2. The fourth-order valence-electron chi connectivity index (χ4n) is 3.41. The summed E-state index contributed by atoms with van der Waals surface area (Å²) in [7, 11) is 0.388. The minimum Gasteiger partial charge on any atom is -0.104 e. The number of hydrogen-bond acceptors (Lipinski definition) is 0. The molecular formula is C18H37P. The molecule has 0 spiro atoms. The van der Waals surface area contributed by atoms with Gasteiger partial charge in [-0.3, -0.25) is 0 Å². The zero-order chi connectivity index (χ0) is 13.8. The third-order valence-corrected chi connectivity index (χ3v) is 8.02. The molecule has 0 aromatic rings. The topological polar surface area (TPSA) is 0 Å². The van der Waals surface area contributed by atoms with Crippen LogP contribution in [-0.4, -0.2) is 18.0 Å². The maximum Gasteiger partial charge on any atom is -0.0209 e. The van der Waals surface area contributed by atoms with Gasteiger partial charge in [0.1, 0.15) is 0 Å². The van der Waals surface area contributed by atoms with Crippen molar-refractivity contribution in [1.29, 1.82) is 0 Å². The van der Waals surface area contributed by atoms with Crippen molar-refractivity contribution in [2.45, 2.75) is 103 Å². The van der Waals surface area contributed by atoms with Crippen molar-refractivity contribution in [3.63, 3.8) is 0 Å². The van der Waals surface area contributed by atoms with E-state index in [-0.39, 0.29) is 0 Å². The third kappa shape index (κ3) is 8.34. The largest absolute Gasteiger partial charge is 0.104 e. The zero-order valence-corrected chi connectivity index (χ0v) is 14.5. The molecule has 0 heterocycles. The fraction of sp³-hybridized carbons (Fsp3) is 1.00. The lowest BCUT2D eigenvalue weighted by Crippen LogP contribution is -2.14. The molecular weight excluding hydrogens is 247 g/mol. The van der Waals surface area contributed by atoms with E-state index in [0.717, 1.165) is 5.66 Å². The minimum atomic E-state index is 0.388. The lowest BCUT2D eigenvalue weighted by atomic mass is 10.0. The Balaban J connectivity index is 2.24. The lowest BCUT2D eigenvalue weighted by molar-refractivity contribution is 0.509. The molecule has 1 fully saturated rings. The van der Waals surface area contributed by atoms with Crippen LogP contribution in [0.3, 0.4) is 0 Å². The quantitative estimate of drug-likeness (QED) is 0.284. The average molecular weight is 284 g/mol. The minimum absolute atomic E-state index is 0.388. The summed E-state index contributed by atoms with van der Waals surface area (Å²) in [6.07, 6.45) is 22.7. The van der Waals surface area contributed by atoms with Crippen LogP contribution < -0.4 is 0 Å². The van der Waals surface area contributed by atoms with Crippen molar-refractivity contribution in [2.75, 3.05) is 12.3 Å². The molecule has 1 saturated carbocycles. The highest BCUT2D eigenvalue weighted by molar-refractivity contribution is 7.58. The highest BCUT2D eigenvalue weighted by atomic mass is 31.1. The van der Waals surface area contributed by atoms with Crippen LogP contribution in [0.25, 0.3) is 0 Å². The summed E-state index contributed by atoms with van der Waals surface area (Å²) in [6.45, 7) is 4.66. The number of unbranched alkanes of at least 4 members (excludes halogenated alkanes) is 6. The Morgan fingerprint density at radius 2 is 1.21 bits per heavy atom. The van der Waals surface area contributed by atoms with Gasteiger partial charge in [-0.15, -0.1) is 7.92 Å². The van der Waals surface area contributed by atoms with Gasteiger partial charge in [0.15, 0.2) is 0 Å². The molecule has 0 amide bonds. The van der Waals surface area contributed by atoms with Crippen molar-refractivity contribution in [3.05, 3.63) is 0 Å². The van der Waals surface area contributed by atoms with Gasteiger partial charge in [0.2, 0.25) is 0 Å². The van der Waals surface area contributed by atoms with Gasteiger partial charge in [0.25, 0.3) is 0 Å². The first-order chi connectivity index (χ1) is 9.38. The predicted octanol–water partition coefficient (Wildman–Crippen LogP) is 6.96. The van der Waals surface area contributed by atoms with Crippen LogP contribution in [0.2, 0.25) is 0 Å². The molecule has 1 heteroatoms. The second-order valence-electron chi connectivity index (χ2n) is 6.45. The van der Waals surface area contributed by atoms with Crippen LogP contribution in [0.5, 0.6) is 0 Å². The molecule has 0 unspecified atom stereocenters. The van der Waals surface area contributed by atoms with Gasteiger partial charge < -0.3 is 0 Å². The Bertz CT molecular complexity index is 172. The molecule has 19 heavy (non-hydrogen) atoms. The van der Waals surface area contributed by atoms with E-state index >= 15 is 0 Å².